The van der Waals surface area contributed by atoms with Crippen LogP contribution in [0.5, 0.6) is 0 Å². The smallest absolute Gasteiger partial charge is 0.258 e. The first kappa shape index (κ1) is 17.9. The summed E-state index contributed by atoms with van der Waals surface area (Å²) in [5.41, 5.74) is 3.07. The number of halogens is 1. The van der Waals surface area contributed by atoms with E-state index in [2.05, 4.69) is 41.3 Å². The highest BCUT2D eigenvalue weighted by molar-refractivity contribution is 5.59. The highest BCUT2D eigenvalue weighted by Crippen LogP contribution is 2.38. The number of rotatable bonds is 5. The average molecular weight is 364 g/mol. The van der Waals surface area contributed by atoms with Crippen molar-refractivity contribution in [3.05, 3.63) is 59.9 Å². The van der Waals surface area contributed by atoms with Crippen LogP contribution >= 0.6 is 0 Å². The van der Waals surface area contributed by atoms with Gasteiger partial charge in [0.1, 0.15) is 5.82 Å². The molecular weight excluding hydrogens is 339 g/mol. The molecule has 1 aliphatic carbocycles. The molecule has 4 rings (SSSR count). The summed E-state index contributed by atoms with van der Waals surface area (Å²) in [6, 6.07) is 14.6. The van der Waals surface area contributed by atoms with Crippen molar-refractivity contribution < 1.29 is 8.91 Å². The normalized spacial score (nSPS) is 19.9. The molecule has 1 aromatic heterocycles. The maximum absolute atomic E-state index is 13.1. The molecule has 0 N–H and O–H groups in total. The molecule has 1 fully saturated rings. The first-order valence-electron chi connectivity index (χ1n) is 9.93. The van der Waals surface area contributed by atoms with Gasteiger partial charge in [0.2, 0.25) is 5.82 Å². The number of nitrogens with zero attached hydrogens (tertiary/aromatic N) is 2. The molecule has 0 bridgehead atoms. The zero-order valence-corrected chi connectivity index (χ0v) is 15.7. The summed E-state index contributed by atoms with van der Waals surface area (Å²) in [5, 5.41) is 4.02. The molecule has 0 amide bonds. The van der Waals surface area contributed by atoms with Crippen LogP contribution in [0.1, 0.15) is 56.9 Å². The van der Waals surface area contributed by atoms with Crippen LogP contribution in [0.2, 0.25) is 0 Å². The zero-order chi connectivity index (χ0) is 18.6. The molecule has 27 heavy (non-hydrogen) atoms. The Morgan fingerprint density at radius 2 is 1.59 bits per heavy atom. The molecule has 3 nitrogen and oxygen atoms in total. The summed E-state index contributed by atoms with van der Waals surface area (Å²) in [4.78, 5) is 4.45. The second-order valence-electron chi connectivity index (χ2n) is 7.56. The van der Waals surface area contributed by atoms with Crippen LogP contribution in [0.15, 0.2) is 53.1 Å². The Morgan fingerprint density at radius 1 is 0.926 bits per heavy atom. The van der Waals surface area contributed by atoms with E-state index in [-0.39, 0.29) is 5.82 Å². The van der Waals surface area contributed by atoms with Gasteiger partial charge in [0.15, 0.2) is 0 Å². The fourth-order valence-electron chi connectivity index (χ4n) is 4.15. The number of hydrogen-bond acceptors (Lipinski definition) is 3. The molecule has 1 heterocycles. The monoisotopic (exact) mass is 364 g/mol. The van der Waals surface area contributed by atoms with Gasteiger partial charge in [-0.05, 0) is 79.5 Å². The van der Waals surface area contributed by atoms with E-state index < -0.39 is 0 Å². The Hall–Kier alpha value is -2.49. The van der Waals surface area contributed by atoms with E-state index in [1.807, 2.05) is 0 Å². The van der Waals surface area contributed by atoms with Gasteiger partial charge < -0.3 is 4.52 Å². The first-order valence-corrected chi connectivity index (χ1v) is 9.93. The second kappa shape index (κ2) is 8.03. The number of aromatic nitrogens is 2. The molecule has 1 aliphatic rings. The molecule has 0 saturated heterocycles. The lowest BCUT2D eigenvalue weighted by molar-refractivity contribution is 0.308. The van der Waals surface area contributed by atoms with Gasteiger partial charge in [-0.1, -0.05) is 37.1 Å². The van der Waals surface area contributed by atoms with E-state index in [0.717, 1.165) is 17.0 Å². The molecule has 0 aliphatic heterocycles. The number of hydrogen-bond donors (Lipinski definition) is 0. The summed E-state index contributed by atoms with van der Waals surface area (Å²) in [6.07, 6.45) is 7.96. The minimum absolute atomic E-state index is 0.276. The van der Waals surface area contributed by atoms with Gasteiger partial charge in [-0.3, -0.25) is 0 Å². The molecule has 0 unspecified atom stereocenters. The van der Waals surface area contributed by atoms with Crippen molar-refractivity contribution in [1.82, 2.24) is 10.1 Å². The Balaban J connectivity index is 1.44. The third-order valence-electron chi connectivity index (χ3n) is 5.70. The molecular formula is C23H25FN2O. The van der Waals surface area contributed by atoms with E-state index in [4.69, 9.17) is 4.52 Å². The predicted octanol–water partition coefficient (Wildman–Crippen LogP) is 6.62. The van der Waals surface area contributed by atoms with Crippen molar-refractivity contribution in [3.8, 4) is 22.8 Å². The van der Waals surface area contributed by atoms with E-state index in [9.17, 15) is 4.39 Å². The summed E-state index contributed by atoms with van der Waals surface area (Å²) in [6.45, 7) is 2.28. The quantitative estimate of drug-likeness (QED) is 0.511. The lowest BCUT2D eigenvalue weighted by Gasteiger charge is -2.28. The summed E-state index contributed by atoms with van der Waals surface area (Å²) in [7, 11) is 0. The third-order valence-corrected chi connectivity index (χ3v) is 5.70. The summed E-state index contributed by atoms with van der Waals surface area (Å²) < 4.78 is 18.5. The molecule has 2 aromatic carbocycles. The molecule has 0 radical (unpaired) electrons. The van der Waals surface area contributed by atoms with Gasteiger partial charge in [0, 0.05) is 11.1 Å². The Morgan fingerprint density at radius 3 is 2.26 bits per heavy atom. The average Bonchev–Trinajstić information content (AvgIpc) is 3.20. The van der Waals surface area contributed by atoms with Gasteiger partial charge >= 0.3 is 0 Å². The van der Waals surface area contributed by atoms with E-state index in [1.165, 1.54) is 56.2 Å². The van der Waals surface area contributed by atoms with Crippen LogP contribution in [0, 0.1) is 11.7 Å². The molecule has 1 saturated carbocycles. The second-order valence-corrected chi connectivity index (χ2v) is 7.56. The van der Waals surface area contributed by atoms with E-state index in [1.54, 1.807) is 12.1 Å². The van der Waals surface area contributed by atoms with Crippen LogP contribution in [0.4, 0.5) is 4.39 Å². The van der Waals surface area contributed by atoms with Gasteiger partial charge in [0.25, 0.3) is 5.89 Å². The minimum Gasteiger partial charge on any atom is -0.334 e. The third kappa shape index (κ3) is 4.10. The lowest BCUT2D eigenvalue weighted by Crippen LogP contribution is -2.13. The molecule has 4 heteroatoms. The van der Waals surface area contributed by atoms with Crippen molar-refractivity contribution in [1.29, 1.82) is 0 Å². The molecule has 0 atom stereocenters. The Kier molecular flexibility index (Phi) is 5.33. The summed E-state index contributed by atoms with van der Waals surface area (Å²) >= 11 is 0. The lowest BCUT2D eigenvalue weighted by atomic mass is 9.77. The Labute approximate surface area is 159 Å². The van der Waals surface area contributed by atoms with Crippen LogP contribution in [0.25, 0.3) is 22.8 Å². The zero-order valence-electron chi connectivity index (χ0n) is 15.7. The van der Waals surface area contributed by atoms with Crippen molar-refractivity contribution in [2.45, 2.75) is 51.4 Å². The maximum atomic E-state index is 13.1. The topological polar surface area (TPSA) is 38.9 Å². The van der Waals surface area contributed by atoms with E-state index in [0.29, 0.717) is 17.6 Å². The maximum Gasteiger partial charge on any atom is 0.258 e. The van der Waals surface area contributed by atoms with Crippen molar-refractivity contribution in [3.63, 3.8) is 0 Å². The highest BCUT2D eigenvalue weighted by atomic mass is 19.1. The van der Waals surface area contributed by atoms with Crippen molar-refractivity contribution in [2.24, 2.45) is 5.92 Å². The van der Waals surface area contributed by atoms with Gasteiger partial charge in [-0.15, -0.1) is 0 Å². The predicted molar refractivity (Wildman–Crippen MR) is 105 cm³/mol. The van der Waals surface area contributed by atoms with Crippen LogP contribution in [-0.4, -0.2) is 10.1 Å². The van der Waals surface area contributed by atoms with Crippen LogP contribution in [0.3, 0.4) is 0 Å². The number of benzene rings is 2. The SMILES string of the molecule is CCCC1CCC(c2ccc(-c3nc(-c4ccc(F)cc4)no3)cc2)CC1. The van der Waals surface area contributed by atoms with Crippen LogP contribution < -0.4 is 0 Å². The fourth-order valence-corrected chi connectivity index (χ4v) is 4.15. The fraction of sp³-hybridized carbons (Fsp3) is 0.391. The van der Waals surface area contributed by atoms with Crippen LogP contribution in [-0.2, 0) is 0 Å². The molecule has 0 spiro atoms. The largest absolute Gasteiger partial charge is 0.334 e. The molecule has 3 aromatic rings. The van der Waals surface area contributed by atoms with Gasteiger partial charge in [0.05, 0.1) is 0 Å². The highest BCUT2D eigenvalue weighted by Gasteiger charge is 2.22. The standard InChI is InChI=1S/C23H25FN2O/c1-2-3-16-4-6-17(7-5-16)18-8-10-20(11-9-18)23-25-22(26-27-23)19-12-14-21(24)15-13-19/h8-17H,2-7H2,1H3. The Bertz CT molecular complexity index is 862. The summed E-state index contributed by atoms with van der Waals surface area (Å²) in [5.74, 6) is 2.29. The van der Waals surface area contributed by atoms with Crippen molar-refractivity contribution in [2.75, 3.05) is 0 Å². The van der Waals surface area contributed by atoms with Gasteiger partial charge in [-0.25, -0.2) is 4.39 Å². The first-order chi connectivity index (χ1) is 13.2. The molecule has 140 valence electrons. The minimum atomic E-state index is -0.276. The van der Waals surface area contributed by atoms with Gasteiger partial charge in [-0.2, -0.15) is 4.98 Å². The van der Waals surface area contributed by atoms with E-state index >= 15 is 0 Å². The van der Waals surface area contributed by atoms with Crippen molar-refractivity contribution >= 4 is 0 Å².